The van der Waals surface area contributed by atoms with Gasteiger partial charge >= 0.3 is 5.97 Å². The number of piperazine rings is 1. The van der Waals surface area contributed by atoms with Gasteiger partial charge in [0, 0.05) is 44.2 Å². The van der Waals surface area contributed by atoms with Crippen LogP contribution in [0.15, 0.2) is 53.5 Å². The van der Waals surface area contributed by atoms with Crippen LogP contribution in [0.2, 0.25) is 0 Å². The number of halogens is 1. The van der Waals surface area contributed by atoms with E-state index in [0.29, 0.717) is 6.54 Å². The summed E-state index contributed by atoms with van der Waals surface area (Å²) in [5, 5.41) is 12.5. The van der Waals surface area contributed by atoms with Crippen molar-refractivity contribution in [2.75, 3.05) is 49.5 Å². The summed E-state index contributed by atoms with van der Waals surface area (Å²) in [6, 6.07) is 13.2. The van der Waals surface area contributed by atoms with E-state index in [-0.39, 0.29) is 17.5 Å². The number of rotatable bonds is 5. The maximum Gasteiger partial charge on any atom is 0.335 e. The number of nitrogens with zero attached hydrogens (tertiary/aromatic N) is 3. The van der Waals surface area contributed by atoms with Crippen LogP contribution in [0, 0.1) is 5.82 Å². The molecule has 2 N–H and O–H groups in total. The molecule has 2 saturated heterocycles. The molecule has 2 aliphatic rings. The Morgan fingerprint density at radius 1 is 1.10 bits per heavy atom. The summed E-state index contributed by atoms with van der Waals surface area (Å²) in [4.78, 5) is 20.3. The van der Waals surface area contributed by atoms with Crippen LogP contribution in [0.3, 0.4) is 0 Å². The van der Waals surface area contributed by atoms with Crippen LogP contribution in [0.4, 0.5) is 15.8 Å². The molecule has 0 saturated carbocycles. The summed E-state index contributed by atoms with van der Waals surface area (Å²) < 4.78 is 18.9. The number of ether oxygens (including phenoxy) is 1. The first-order chi connectivity index (χ1) is 15.1. The van der Waals surface area contributed by atoms with E-state index in [1.165, 1.54) is 12.1 Å². The fourth-order valence-electron chi connectivity index (χ4n) is 3.85. The van der Waals surface area contributed by atoms with E-state index in [2.05, 4.69) is 15.1 Å². The largest absolute Gasteiger partial charge is 0.478 e. The molecule has 0 bridgehead atoms. The van der Waals surface area contributed by atoms with Crippen molar-refractivity contribution >= 4 is 23.3 Å². The zero-order chi connectivity index (χ0) is 21.6. The first-order valence-corrected chi connectivity index (χ1v) is 10.6. The minimum absolute atomic E-state index is 0.145. The quantitative estimate of drug-likeness (QED) is 0.564. The molecule has 7 nitrogen and oxygen atoms in total. The van der Waals surface area contributed by atoms with E-state index in [4.69, 9.17) is 14.8 Å². The molecule has 164 valence electrons. The Morgan fingerprint density at radius 2 is 1.81 bits per heavy atom. The molecule has 8 heteroatoms. The van der Waals surface area contributed by atoms with E-state index in [0.717, 1.165) is 63.0 Å². The van der Waals surface area contributed by atoms with Gasteiger partial charge in [-0.2, -0.15) is 0 Å². The second-order valence-electron chi connectivity index (χ2n) is 7.76. The second kappa shape index (κ2) is 9.78. The fraction of sp³-hybridized carbons (Fsp3) is 0.391. The third kappa shape index (κ3) is 5.52. The highest BCUT2D eigenvalue weighted by Gasteiger charge is 2.22. The lowest BCUT2D eigenvalue weighted by molar-refractivity contribution is 0.0697. The van der Waals surface area contributed by atoms with E-state index >= 15 is 0 Å². The molecule has 2 heterocycles. The van der Waals surface area contributed by atoms with Crippen LogP contribution >= 0.6 is 0 Å². The number of anilines is 2. The van der Waals surface area contributed by atoms with Crippen LogP contribution in [-0.4, -0.2) is 67.4 Å². The van der Waals surface area contributed by atoms with Crippen molar-refractivity contribution in [1.29, 1.82) is 0 Å². The van der Waals surface area contributed by atoms with Gasteiger partial charge in [0.1, 0.15) is 5.82 Å². The van der Waals surface area contributed by atoms with Crippen molar-refractivity contribution in [3.05, 3.63) is 59.9 Å². The number of carboxylic acids is 1. The predicted molar refractivity (Wildman–Crippen MR) is 118 cm³/mol. The second-order valence-corrected chi connectivity index (χ2v) is 7.76. The molecule has 0 aromatic heterocycles. The van der Waals surface area contributed by atoms with Gasteiger partial charge in [0.25, 0.3) is 0 Å². The van der Waals surface area contributed by atoms with Gasteiger partial charge in [0.15, 0.2) is 5.96 Å². The molecule has 0 radical (unpaired) electrons. The van der Waals surface area contributed by atoms with Gasteiger partial charge in [0.05, 0.1) is 18.2 Å². The number of carbonyl (C=O) groups is 1. The van der Waals surface area contributed by atoms with Gasteiger partial charge in [-0.25, -0.2) is 9.18 Å². The van der Waals surface area contributed by atoms with E-state index in [1.807, 2.05) is 0 Å². The highest BCUT2D eigenvalue weighted by Crippen LogP contribution is 2.19. The Bertz CT molecular complexity index is 903. The van der Waals surface area contributed by atoms with Gasteiger partial charge in [-0.1, -0.05) is 0 Å². The summed E-state index contributed by atoms with van der Waals surface area (Å²) in [6.07, 6.45) is 2.23. The van der Waals surface area contributed by atoms with Crippen LogP contribution in [-0.2, 0) is 4.74 Å². The molecule has 2 aromatic rings. The molecule has 2 aromatic carbocycles. The minimum Gasteiger partial charge on any atom is -0.478 e. The maximum atomic E-state index is 13.2. The number of benzene rings is 2. The highest BCUT2D eigenvalue weighted by atomic mass is 19.1. The topological polar surface area (TPSA) is 77.4 Å². The van der Waals surface area contributed by atoms with Gasteiger partial charge in [-0.3, -0.25) is 4.99 Å². The number of aliphatic imine (C=N–C) groups is 1. The monoisotopic (exact) mass is 426 g/mol. The van der Waals surface area contributed by atoms with Crippen molar-refractivity contribution in [1.82, 2.24) is 4.90 Å². The van der Waals surface area contributed by atoms with Gasteiger partial charge in [-0.15, -0.1) is 0 Å². The number of carboxylic acid groups (broad SMARTS) is 1. The fourth-order valence-corrected chi connectivity index (χ4v) is 3.85. The molecule has 1 atom stereocenters. The standard InChI is InChI=1S/C23H27FN4O3/c24-18-5-9-20(10-6-18)27-11-13-28(14-12-27)23(25-16-21-2-1-15-31-21)26-19-7-3-17(4-8-19)22(29)30/h3-10,21H,1-2,11-16H2,(H,25,26)(H,29,30)/t21-/m1/s1. The zero-order valence-electron chi connectivity index (χ0n) is 17.3. The van der Waals surface area contributed by atoms with Crippen LogP contribution in [0.1, 0.15) is 23.2 Å². The lowest BCUT2D eigenvalue weighted by Gasteiger charge is -2.38. The molecule has 0 amide bonds. The van der Waals surface area contributed by atoms with Gasteiger partial charge in [0.2, 0.25) is 0 Å². The first-order valence-electron chi connectivity index (χ1n) is 10.6. The molecule has 4 rings (SSSR count). The highest BCUT2D eigenvalue weighted by molar-refractivity contribution is 5.95. The normalized spacial score (nSPS) is 19.5. The van der Waals surface area contributed by atoms with Crippen molar-refractivity contribution in [2.45, 2.75) is 18.9 Å². The Balaban J connectivity index is 1.44. The summed E-state index contributed by atoms with van der Waals surface area (Å²) in [6.45, 7) is 4.50. The summed E-state index contributed by atoms with van der Waals surface area (Å²) in [5.74, 6) is -0.419. The Hall–Kier alpha value is -3.13. The molecule has 0 aliphatic carbocycles. The van der Waals surface area contributed by atoms with Crippen LogP contribution < -0.4 is 10.2 Å². The molecule has 0 unspecified atom stereocenters. The summed E-state index contributed by atoms with van der Waals surface area (Å²) in [5.41, 5.74) is 2.05. The third-order valence-electron chi connectivity index (χ3n) is 5.63. The lowest BCUT2D eigenvalue weighted by Crippen LogP contribution is -2.51. The van der Waals surface area contributed by atoms with Crippen LogP contribution in [0.5, 0.6) is 0 Å². The smallest absolute Gasteiger partial charge is 0.335 e. The molecular weight excluding hydrogens is 399 g/mol. The van der Waals surface area contributed by atoms with Crippen molar-refractivity contribution in [2.24, 2.45) is 4.99 Å². The average Bonchev–Trinajstić information content (AvgIpc) is 3.31. The molecule has 2 aliphatic heterocycles. The van der Waals surface area contributed by atoms with Gasteiger partial charge < -0.3 is 25.0 Å². The predicted octanol–water partition coefficient (Wildman–Crippen LogP) is 3.29. The Kier molecular flexibility index (Phi) is 6.66. The molecule has 0 spiro atoms. The van der Waals surface area contributed by atoms with Crippen molar-refractivity contribution in [3.63, 3.8) is 0 Å². The van der Waals surface area contributed by atoms with Crippen molar-refractivity contribution < 1.29 is 19.0 Å². The average molecular weight is 426 g/mol. The Labute approximate surface area is 181 Å². The van der Waals surface area contributed by atoms with E-state index in [9.17, 15) is 9.18 Å². The number of nitrogens with one attached hydrogen (secondary N) is 1. The number of hydrogen-bond acceptors (Lipinski definition) is 4. The first kappa shape index (κ1) is 21.1. The number of hydrogen-bond donors (Lipinski definition) is 2. The SMILES string of the molecule is O=C(O)c1ccc(NC(=NC[C@H]2CCCO2)N2CCN(c3ccc(F)cc3)CC2)cc1. The Morgan fingerprint density at radius 3 is 2.42 bits per heavy atom. The zero-order valence-corrected chi connectivity index (χ0v) is 17.3. The number of aromatic carboxylic acids is 1. The maximum absolute atomic E-state index is 13.2. The lowest BCUT2D eigenvalue weighted by atomic mass is 10.2. The third-order valence-corrected chi connectivity index (χ3v) is 5.63. The number of guanidine groups is 1. The molecule has 31 heavy (non-hydrogen) atoms. The minimum atomic E-state index is -0.948. The molecule has 2 fully saturated rings. The van der Waals surface area contributed by atoms with Crippen molar-refractivity contribution in [3.8, 4) is 0 Å². The van der Waals surface area contributed by atoms with E-state index in [1.54, 1.807) is 36.4 Å². The van der Waals surface area contributed by atoms with E-state index < -0.39 is 5.97 Å². The van der Waals surface area contributed by atoms with Crippen LogP contribution in [0.25, 0.3) is 0 Å². The van der Waals surface area contributed by atoms with Gasteiger partial charge in [-0.05, 0) is 61.4 Å². The summed E-state index contributed by atoms with van der Waals surface area (Å²) in [7, 11) is 0. The summed E-state index contributed by atoms with van der Waals surface area (Å²) >= 11 is 0. The molecular formula is C23H27FN4O3.